The third-order valence-electron chi connectivity index (χ3n) is 3.64. The highest BCUT2D eigenvalue weighted by Gasteiger charge is 2.40. The van der Waals surface area contributed by atoms with Gasteiger partial charge in [-0.25, -0.2) is 0 Å². The molecule has 0 saturated carbocycles. The Labute approximate surface area is 120 Å². The third-order valence-corrected chi connectivity index (χ3v) is 5.37. The summed E-state index contributed by atoms with van der Waals surface area (Å²) < 4.78 is 0. The second-order valence-electron chi connectivity index (χ2n) is 4.71. The van der Waals surface area contributed by atoms with Crippen molar-refractivity contribution in [1.29, 1.82) is 0 Å². The van der Waals surface area contributed by atoms with E-state index < -0.39 is 0 Å². The van der Waals surface area contributed by atoms with Crippen LogP contribution >= 0.6 is 23.4 Å². The molecule has 2 heterocycles. The predicted molar refractivity (Wildman–Crippen MR) is 76.4 cm³/mol. The standard InChI is InChI=1S/C15H10ClNOS/c16-12-6-3-7-13-11(12)8-17-14(18)9-4-1-2-5-10(9)15(17)19-13/h1-7,15H,8H2. The maximum atomic E-state index is 12.4. The summed E-state index contributed by atoms with van der Waals surface area (Å²) in [6, 6.07) is 13.8. The van der Waals surface area contributed by atoms with Crippen LogP contribution in [0.25, 0.3) is 0 Å². The Balaban J connectivity index is 1.86. The first-order valence-electron chi connectivity index (χ1n) is 6.09. The summed E-state index contributed by atoms with van der Waals surface area (Å²) in [5.74, 6) is 0.110. The summed E-state index contributed by atoms with van der Waals surface area (Å²) in [5, 5.41) is 0.835. The Bertz CT molecular complexity index is 700. The van der Waals surface area contributed by atoms with Crippen molar-refractivity contribution in [2.45, 2.75) is 16.8 Å². The van der Waals surface area contributed by atoms with E-state index in [4.69, 9.17) is 11.6 Å². The number of halogens is 1. The second kappa shape index (κ2) is 4.02. The van der Waals surface area contributed by atoms with Crippen molar-refractivity contribution in [1.82, 2.24) is 4.90 Å². The molecule has 0 radical (unpaired) electrons. The molecule has 0 aromatic heterocycles. The van der Waals surface area contributed by atoms with Crippen molar-refractivity contribution in [2.24, 2.45) is 0 Å². The van der Waals surface area contributed by atoms with Crippen molar-refractivity contribution >= 4 is 29.3 Å². The quantitative estimate of drug-likeness (QED) is 0.727. The number of benzene rings is 2. The van der Waals surface area contributed by atoms with Crippen LogP contribution in [-0.4, -0.2) is 10.8 Å². The van der Waals surface area contributed by atoms with Crippen molar-refractivity contribution in [3.8, 4) is 0 Å². The number of carbonyl (C=O) groups excluding carboxylic acids is 1. The van der Waals surface area contributed by atoms with Crippen molar-refractivity contribution in [2.75, 3.05) is 0 Å². The molecule has 2 aromatic rings. The van der Waals surface area contributed by atoms with Crippen LogP contribution in [-0.2, 0) is 6.54 Å². The molecular formula is C15H10ClNOS. The molecule has 2 aliphatic rings. The molecule has 94 valence electrons. The smallest absolute Gasteiger partial charge is 0.255 e. The highest BCUT2D eigenvalue weighted by atomic mass is 35.5. The number of hydrogen-bond acceptors (Lipinski definition) is 2. The zero-order valence-corrected chi connectivity index (χ0v) is 11.5. The molecule has 0 bridgehead atoms. The molecule has 0 saturated heterocycles. The molecule has 4 heteroatoms. The van der Waals surface area contributed by atoms with E-state index in [1.54, 1.807) is 11.8 Å². The van der Waals surface area contributed by atoms with Gasteiger partial charge in [-0.15, -0.1) is 0 Å². The number of fused-ring (bicyclic) bond motifs is 4. The zero-order chi connectivity index (χ0) is 13.0. The predicted octanol–water partition coefficient (Wildman–Crippen LogP) is 4.10. The Hall–Kier alpha value is -1.45. The van der Waals surface area contributed by atoms with Crippen LogP contribution < -0.4 is 0 Å². The summed E-state index contributed by atoms with van der Waals surface area (Å²) in [5.41, 5.74) is 3.00. The summed E-state index contributed by atoms with van der Waals surface area (Å²) in [4.78, 5) is 15.5. The summed E-state index contributed by atoms with van der Waals surface area (Å²) >= 11 is 7.95. The van der Waals surface area contributed by atoms with Gasteiger partial charge >= 0.3 is 0 Å². The minimum Gasteiger partial charge on any atom is -0.318 e. The first kappa shape index (κ1) is 11.4. The van der Waals surface area contributed by atoms with Crippen LogP contribution in [0.1, 0.15) is 26.9 Å². The van der Waals surface area contributed by atoms with E-state index in [9.17, 15) is 4.79 Å². The number of amides is 1. The van der Waals surface area contributed by atoms with Gasteiger partial charge in [0.05, 0.1) is 6.54 Å². The lowest BCUT2D eigenvalue weighted by molar-refractivity contribution is 0.0756. The molecule has 2 nitrogen and oxygen atoms in total. The van der Waals surface area contributed by atoms with Gasteiger partial charge in [0.15, 0.2) is 0 Å². The number of nitrogens with zero attached hydrogens (tertiary/aromatic N) is 1. The van der Waals surface area contributed by atoms with Gasteiger partial charge < -0.3 is 4.90 Å². The average molecular weight is 288 g/mol. The fourth-order valence-corrected chi connectivity index (χ4v) is 4.35. The molecule has 19 heavy (non-hydrogen) atoms. The number of hydrogen-bond donors (Lipinski definition) is 0. The van der Waals surface area contributed by atoms with Crippen LogP contribution in [0.15, 0.2) is 47.4 Å². The first-order valence-corrected chi connectivity index (χ1v) is 7.35. The van der Waals surface area contributed by atoms with Crippen LogP contribution in [0.5, 0.6) is 0 Å². The average Bonchev–Trinajstić information content (AvgIpc) is 2.72. The molecule has 4 rings (SSSR count). The van der Waals surface area contributed by atoms with Gasteiger partial charge in [-0.2, -0.15) is 0 Å². The topological polar surface area (TPSA) is 20.3 Å². The van der Waals surface area contributed by atoms with E-state index in [1.807, 2.05) is 41.3 Å². The summed E-state index contributed by atoms with van der Waals surface area (Å²) in [6.45, 7) is 0.597. The van der Waals surface area contributed by atoms with Crippen LogP contribution in [0.2, 0.25) is 5.02 Å². The van der Waals surface area contributed by atoms with Crippen molar-refractivity contribution < 1.29 is 4.79 Å². The molecule has 2 aliphatic heterocycles. The second-order valence-corrected chi connectivity index (χ2v) is 6.24. The highest BCUT2D eigenvalue weighted by molar-refractivity contribution is 7.99. The van der Waals surface area contributed by atoms with E-state index in [0.717, 1.165) is 21.7 Å². The lowest BCUT2D eigenvalue weighted by Gasteiger charge is -2.31. The number of thioether (sulfide) groups is 1. The van der Waals surface area contributed by atoms with Crippen molar-refractivity contribution in [3.05, 3.63) is 64.2 Å². The van der Waals surface area contributed by atoms with E-state index in [0.29, 0.717) is 6.54 Å². The van der Waals surface area contributed by atoms with Gasteiger partial charge in [0.1, 0.15) is 5.37 Å². The molecule has 0 aliphatic carbocycles. The third kappa shape index (κ3) is 1.55. The van der Waals surface area contributed by atoms with Gasteiger partial charge in [0.2, 0.25) is 0 Å². The molecule has 0 fully saturated rings. The Kier molecular flexibility index (Phi) is 2.41. The minimum atomic E-state index is 0.0923. The maximum absolute atomic E-state index is 12.4. The Morgan fingerprint density at radius 1 is 1.16 bits per heavy atom. The lowest BCUT2D eigenvalue weighted by Crippen LogP contribution is -2.29. The van der Waals surface area contributed by atoms with Gasteiger partial charge in [-0.3, -0.25) is 4.79 Å². The molecule has 1 atom stereocenters. The van der Waals surface area contributed by atoms with E-state index in [-0.39, 0.29) is 11.3 Å². The normalized spacial score (nSPS) is 19.9. The van der Waals surface area contributed by atoms with E-state index in [1.165, 1.54) is 4.90 Å². The first-order chi connectivity index (χ1) is 9.25. The Morgan fingerprint density at radius 3 is 2.89 bits per heavy atom. The highest BCUT2D eigenvalue weighted by Crippen LogP contribution is 2.50. The van der Waals surface area contributed by atoms with Crippen LogP contribution in [0, 0.1) is 0 Å². The lowest BCUT2D eigenvalue weighted by atomic mass is 10.1. The fraction of sp³-hybridized carbons (Fsp3) is 0.133. The van der Waals surface area contributed by atoms with E-state index in [2.05, 4.69) is 6.07 Å². The molecule has 1 amide bonds. The van der Waals surface area contributed by atoms with Gasteiger partial charge in [0.25, 0.3) is 5.91 Å². The monoisotopic (exact) mass is 287 g/mol. The summed E-state index contributed by atoms with van der Waals surface area (Å²) in [7, 11) is 0. The fourth-order valence-electron chi connectivity index (χ4n) is 2.71. The van der Waals surface area contributed by atoms with E-state index >= 15 is 0 Å². The number of rotatable bonds is 0. The minimum absolute atomic E-state index is 0.0923. The van der Waals surface area contributed by atoms with Crippen molar-refractivity contribution in [3.63, 3.8) is 0 Å². The molecule has 1 unspecified atom stereocenters. The molecule has 2 aromatic carbocycles. The maximum Gasteiger partial charge on any atom is 0.255 e. The van der Waals surface area contributed by atoms with Gasteiger partial charge in [-0.1, -0.05) is 47.6 Å². The zero-order valence-electron chi connectivity index (χ0n) is 9.97. The summed E-state index contributed by atoms with van der Waals surface area (Å²) in [6.07, 6.45) is 0. The SMILES string of the molecule is O=C1c2ccccc2C2Sc3cccc(Cl)c3CN12. The van der Waals surface area contributed by atoms with Crippen LogP contribution in [0.4, 0.5) is 0 Å². The van der Waals surface area contributed by atoms with Gasteiger partial charge in [-0.05, 0) is 23.8 Å². The van der Waals surface area contributed by atoms with Crippen LogP contribution in [0.3, 0.4) is 0 Å². The van der Waals surface area contributed by atoms with Gasteiger partial charge in [0, 0.05) is 21.0 Å². The largest absolute Gasteiger partial charge is 0.318 e. The molecule has 0 spiro atoms. The number of carbonyl (C=O) groups is 1. The molecule has 0 N–H and O–H groups in total. The Morgan fingerprint density at radius 2 is 2.00 bits per heavy atom. The molecular weight excluding hydrogens is 278 g/mol.